The number of allylic oxidation sites excluding steroid dienone is 3. The zero-order chi connectivity index (χ0) is 20.5. The van der Waals surface area contributed by atoms with Crippen molar-refractivity contribution in [2.24, 2.45) is 10.8 Å². The largest absolute Gasteiger partial charge is 0.398 e. The van der Waals surface area contributed by atoms with E-state index in [1.165, 1.54) is 5.56 Å². The van der Waals surface area contributed by atoms with E-state index in [9.17, 15) is 0 Å². The number of rotatable bonds is 9. The number of nitrogens with one attached hydrogen (secondary N) is 1. The van der Waals surface area contributed by atoms with Crippen LogP contribution in [-0.2, 0) is 6.54 Å². The molecule has 0 radical (unpaired) electrons. The van der Waals surface area contributed by atoms with Gasteiger partial charge in [-0.2, -0.15) is 5.10 Å². The van der Waals surface area contributed by atoms with E-state index in [1.807, 2.05) is 12.2 Å². The highest BCUT2D eigenvalue weighted by molar-refractivity contribution is 6.29. The SMILES string of the molecule is CCN(CCN(C)C)Cc1cccc(/C=C/C2=NNC/C2=C\C(N)=C(/C)Cl)c1. The van der Waals surface area contributed by atoms with Crippen LogP contribution in [0.5, 0.6) is 0 Å². The van der Waals surface area contributed by atoms with Crippen molar-refractivity contribution < 1.29 is 0 Å². The number of nitrogens with two attached hydrogens (primary N) is 1. The van der Waals surface area contributed by atoms with E-state index in [0.717, 1.165) is 43.0 Å². The van der Waals surface area contributed by atoms with Crippen molar-refractivity contribution in [1.82, 2.24) is 15.2 Å². The van der Waals surface area contributed by atoms with Crippen LogP contribution in [0.1, 0.15) is 25.0 Å². The van der Waals surface area contributed by atoms with E-state index >= 15 is 0 Å². The summed E-state index contributed by atoms with van der Waals surface area (Å²) in [7, 11) is 4.22. The van der Waals surface area contributed by atoms with Crippen LogP contribution >= 0.6 is 11.6 Å². The molecule has 1 heterocycles. The third-order valence-corrected chi connectivity index (χ3v) is 4.85. The zero-order valence-electron chi connectivity index (χ0n) is 17.4. The normalized spacial score (nSPS) is 16.8. The second-order valence-electron chi connectivity index (χ2n) is 7.24. The number of benzene rings is 1. The molecule has 0 bridgehead atoms. The third kappa shape index (κ3) is 7.15. The molecule has 0 fully saturated rings. The fraction of sp³-hybridized carbons (Fsp3) is 0.409. The van der Waals surface area contributed by atoms with Gasteiger partial charge >= 0.3 is 0 Å². The molecule has 0 unspecified atom stereocenters. The molecule has 1 aromatic rings. The van der Waals surface area contributed by atoms with Crippen LogP contribution in [0, 0.1) is 0 Å². The maximum absolute atomic E-state index is 5.96. The van der Waals surface area contributed by atoms with E-state index in [1.54, 1.807) is 6.92 Å². The molecule has 0 saturated carbocycles. The van der Waals surface area contributed by atoms with E-state index in [0.29, 0.717) is 17.3 Å². The van der Waals surface area contributed by atoms with E-state index < -0.39 is 0 Å². The van der Waals surface area contributed by atoms with Gasteiger partial charge in [0.15, 0.2) is 0 Å². The van der Waals surface area contributed by atoms with Gasteiger partial charge < -0.3 is 16.1 Å². The lowest BCUT2D eigenvalue weighted by molar-refractivity contribution is 0.244. The predicted octanol–water partition coefficient (Wildman–Crippen LogP) is 3.40. The van der Waals surface area contributed by atoms with Crippen LogP contribution in [0.3, 0.4) is 0 Å². The molecule has 5 nitrogen and oxygen atoms in total. The summed E-state index contributed by atoms with van der Waals surface area (Å²) >= 11 is 5.96. The van der Waals surface area contributed by atoms with Crippen LogP contribution < -0.4 is 11.2 Å². The predicted molar refractivity (Wildman–Crippen MR) is 121 cm³/mol. The molecule has 1 aliphatic heterocycles. The smallest absolute Gasteiger partial charge is 0.0880 e. The second-order valence-corrected chi connectivity index (χ2v) is 7.81. The maximum Gasteiger partial charge on any atom is 0.0880 e. The first-order valence-corrected chi connectivity index (χ1v) is 10.0. The minimum atomic E-state index is 0.570. The molecule has 3 N–H and O–H groups in total. The number of likely N-dealkylation sites (N-methyl/N-ethyl adjacent to an activating group) is 2. The first kappa shape index (κ1) is 22.2. The van der Waals surface area contributed by atoms with Crippen molar-refractivity contribution in [3.8, 4) is 0 Å². The van der Waals surface area contributed by atoms with Crippen LogP contribution in [-0.4, -0.2) is 55.8 Å². The highest BCUT2D eigenvalue weighted by atomic mass is 35.5. The van der Waals surface area contributed by atoms with Crippen LogP contribution in [0.15, 0.2) is 57.8 Å². The van der Waals surface area contributed by atoms with Gasteiger partial charge in [0.25, 0.3) is 0 Å². The van der Waals surface area contributed by atoms with Gasteiger partial charge in [-0.3, -0.25) is 4.90 Å². The summed E-state index contributed by atoms with van der Waals surface area (Å²) in [4.78, 5) is 4.68. The summed E-state index contributed by atoms with van der Waals surface area (Å²) in [5, 5.41) is 4.94. The highest BCUT2D eigenvalue weighted by Crippen LogP contribution is 2.14. The van der Waals surface area contributed by atoms with Gasteiger partial charge in [0.05, 0.1) is 12.3 Å². The molecule has 1 aliphatic rings. The Morgan fingerprint density at radius 1 is 1.29 bits per heavy atom. The van der Waals surface area contributed by atoms with Gasteiger partial charge in [-0.15, -0.1) is 0 Å². The summed E-state index contributed by atoms with van der Waals surface area (Å²) in [6, 6.07) is 8.64. The summed E-state index contributed by atoms with van der Waals surface area (Å²) in [6.45, 7) is 8.77. The summed E-state index contributed by atoms with van der Waals surface area (Å²) in [5.41, 5.74) is 13.9. The molecule has 1 aromatic carbocycles. The topological polar surface area (TPSA) is 56.9 Å². The molecule has 0 atom stereocenters. The average molecular weight is 402 g/mol. The molecule has 28 heavy (non-hydrogen) atoms. The Hall–Kier alpha value is -2.08. The van der Waals surface area contributed by atoms with E-state index in [4.69, 9.17) is 17.3 Å². The summed E-state index contributed by atoms with van der Waals surface area (Å²) in [5.74, 6) is 0. The first-order chi connectivity index (χ1) is 13.4. The van der Waals surface area contributed by atoms with Gasteiger partial charge in [-0.1, -0.05) is 48.9 Å². The molecule has 0 amide bonds. The van der Waals surface area contributed by atoms with E-state index in [-0.39, 0.29) is 0 Å². The van der Waals surface area contributed by atoms with Crippen molar-refractivity contribution in [2.75, 3.05) is 40.3 Å². The molecule has 0 saturated heterocycles. The van der Waals surface area contributed by atoms with Gasteiger partial charge in [0.1, 0.15) is 0 Å². The Bertz CT molecular complexity index is 773. The Morgan fingerprint density at radius 3 is 2.75 bits per heavy atom. The van der Waals surface area contributed by atoms with Crippen molar-refractivity contribution in [2.45, 2.75) is 20.4 Å². The minimum Gasteiger partial charge on any atom is -0.398 e. The quantitative estimate of drug-likeness (QED) is 0.665. The minimum absolute atomic E-state index is 0.570. The molecule has 0 aromatic heterocycles. The van der Waals surface area contributed by atoms with Crippen molar-refractivity contribution >= 4 is 23.4 Å². The van der Waals surface area contributed by atoms with Gasteiger partial charge in [0, 0.05) is 35.9 Å². The summed E-state index contributed by atoms with van der Waals surface area (Å²) < 4.78 is 0. The molecule has 152 valence electrons. The lowest BCUT2D eigenvalue weighted by Gasteiger charge is -2.22. The number of nitrogens with zero attached hydrogens (tertiary/aromatic N) is 3. The Kier molecular flexibility index (Phi) is 8.77. The molecule has 2 rings (SSSR count). The van der Waals surface area contributed by atoms with Gasteiger partial charge in [0.2, 0.25) is 0 Å². The standard InChI is InChI=1S/C22H32ClN5/c1-5-28(12-11-27(3)4)16-19-8-6-7-18(13-19)9-10-22-20(15-25-26-22)14-21(24)17(2)23/h6-10,13-14,25H,5,11-12,15-16,24H2,1-4H3/b10-9+,20-14+,21-17-. The maximum atomic E-state index is 5.96. The number of hydrogen-bond acceptors (Lipinski definition) is 5. The van der Waals surface area contributed by atoms with Crippen LogP contribution in [0.25, 0.3) is 6.08 Å². The average Bonchev–Trinajstić information content (AvgIpc) is 3.10. The molecule has 0 aliphatic carbocycles. The third-order valence-electron chi connectivity index (χ3n) is 4.63. The Balaban J connectivity index is 2.06. The van der Waals surface area contributed by atoms with Crippen LogP contribution in [0.4, 0.5) is 0 Å². The fourth-order valence-corrected chi connectivity index (χ4v) is 2.90. The first-order valence-electron chi connectivity index (χ1n) is 9.66. The summed E-state index contributed by atoms with van der Waals surface area (Å²) in [6.07, 6.45) is 5.99. The molecular formula is C22H32ClN5. The van der Waals surface area contributed by atoms with Gasteiger partial charge in [-0.25, -0.2) is 0 Å². The molecule has 6 heteroatoms. The molecule has 0 spiro atoms. The number of hydrogen-bond donors (Lipinski definition) is 2. The fourth-order valence-electron chi connectivity index (χ4n) is 2.85. The van der Waals surface area contributed by atoms with Crippen LogP contribution in [0.2, 0.25) is 0 Å². The van der Waals surface area contributed by atoms with E-state index in [2.05, 4.69) is 71.7 Å². The Labute approximate surface area is 174 Å². The highest BCUT2D eigenvalue weighted by Gasteiger charge is 2.11. The Morgan fingerprint density at radius 2 is 2.07 bits per heavy atom. The lowest BCUT2D eigenvalue weighted by atomic mass is 10.1. The van der Waals surface area contributed by atoms with Gasteiger partial charge in [-0.05, 0) is 50.8 Å². The lowest BCUT2D eigenvalue weighted by Crippen LogP contribution is -2.31. The van der Waals surface area contributed by atoms with Crippen molar-refractivity contribution in [1.29, 1.82) is 0 Å². The molecular weight excluding hydrogens is 370 g/mol. The monoisotopic (exact) mass is 401 g/mol. The number of halogens is 1. The number of hydrazone groups is 1. The zero-order valence-corrected chi connectivity index (χ0v) is 18.1. The second kappa shape index (κ2) is 11.1. The van der Waals surface area contributed by atoms with Crippen molar-refractivity contribution in [3.05, 3.63) is 63.8 Å². The van der Waals surface area contributed by atoms with Crippen molar-refractivity contribution in [3.63, 3.8) is 0 Å².